The second-order valence-corrected chi connectivity index (χ2v) is 24.4. The highest BCUT2D eigenvalue weighted by molar-refractivity contribution is 7.89. The highest BCUT2D eigenvalue weighted by atomic mass is 32.2. The number of fused-ring (bicyclic) bond motifs is 2. The molecule has 4 aliphatic rings. The number of hydrogen-bond acceptors (Lipinski definition) is 17. The summed E-state index contributed by atoms with van der Waals surface area (Å²) < 4.78 is 101. The van der Waals surface area contributed by atoms with Gasteiger partial charge in [0.25, 0.3) is 0 Å². The molecule has 4 saturated heterocycles. The van der Waals surface area contributed by atoms with E-state index in [1.807, 2.05) is 88.4 Å². The molecule has 4 aromatic rings. The predicted octanol–water partition coefficient (Wildman–Crippen LogP) is 6.28. The van der Waals surface area contributed by atoms with Gasteiger partial charge in [0.15, 0.2) is 18.4 Å². The van der Waals surface area contributed by atoms with Gasteiger partial charge < -0.3 is 53.7 Å². The molecule has 430 valence electrons. The lowest BCUT2D eigenvalue weighted by Crippen LogP contribution is -2.49. The SMILES string of the molecule is COc1ccc(S(=O)(=O)N(CC(=NO)[C@H](Cc2ccccc2)NC(=O)O[C@H]2CO[C@H]3OCC[C@H]32)CC(C)C)cc1.COc1ccc(S(=O)(=O)N(CC(=O)[C@H](Cc2ccccc2)NC(=O)O[C@H]2CO[C@H]3OCC[C@H]32)CC(C)C)cc1. The first kappa shape index (κ1) is 60.5. The van der Waals surface area contributed by atoms with Crippen LogP contribution in [0.5, 0.6) is 11.5 Å². The van der Waals surface area contributed by atoms with Gasteiger partial charge in [-0.2, -0.15) is 8.61 Å². The fourth-order valence-electron chi connectivity index (χ4n) is 9.70. The molecule has 21 nitrogen and oxygen atoms in total. The van der Waals surface area contributed by atoms with E-state index in [0.717, 1.165) is 28.3 Å². The summed E-state index contributed by atoms with van der Waals surface area (Å²) in [5.74, 6) is 0.451. The molecule has 2 amide bonds. The quantitative estimate of drug-likeness (QED) is 0.0396. The van der Waals surface area contributed by atoms with E-state index in [9.17, 15) is 36.4 Å². The van der Waals surface area contributed by atoms with Crippen LogP contribution in [-0.4, -0.2) is 158 Å². The van der Waals surface area contributed by atoms with Crippen molar-refractivity contribution in [3.05, 3.63) is 120 Å². The number of Topliss-reactive ketones (excluding diaryl/α,β-unsaturated/α-hetero) is 1. The fraction of sp³-hybridized carbons (Fsp3) is 0.500. The van der Waals surface area contributed by atoms with Crippen molar-refractivity contribution in [2.75, 3.05) is 66.8 Å². The summed E-state index contributed by atoms with van der Waals surface area (Å²) in [6.07, 6.45) is -1.26. The molecular formula is C56H73N5O16S2. The van der Waals surface area contributed by atoms with Gasteiger partial charge in [0.1, 0.15) is 23.7 Å². The summed E-state index contributed by atoms with van der Waals surface area (Å²) >= 11 is 0. The van der Waals surface area contributed by atoms with E-state index >= 15 is 0 Å². The standard InChI is InChI=1S/C28H37N3O8S.C28H36N2O8S/c1-19(2)16-31(40(34,35)22-11-9-21(36-3)10-12-22)17-25(30-33)24(15-20-7-5-4-6-8-20)29-28(32)39-26-18-38-27-23(26)13-14-37-27;1-19(2)16-30(39(33,34)22-11-9-21(35-3)10-12-22)17-25(31)24(15-20-7-5-4-6-8-20)29-28(32)38-26-18-37-27-23(26)13-14-36-27/h4-12,19,23-24,26-27,33H,13-18H2,1-3H3,(H,29,32);4-12,19,23-24,26-27H,13-18H2,1-3H3,(H,29,32)/t2*23-,24-,26-,27+/m00/s1. The number of ketones is 1. The Morgan fingerprint density at radius 3 is 1.41 bits per heavy atom. The third-order valence-corrected chi connectivity index (χ3v) is 17.4. The molecule has 0 spiro atoms. The summed E-state index contributed by atoms with van der Waals surface area (Å²) in [5, 5.41) is 19.1. The minimum atomic E-state index is -4.00. The topological polar surface area (TPSA) is 256 Å². The van der Waals surface area contributed by atoms with Crippen LogP contribution in [0.25, 0.3) is 0 Å². The average molecular weight is 1140 g/mol. The number of nitrogens with one attached hydrogen (secondary N) is 2. The lowest BCUT2D eigenvalue weighted by molar-refractivity contribution is -0.121. The smallest absolute Gasteiger partial charge is 0.408 e. The number of methoxy groups -OCH3 is 2. The van der Waals surface area contributed by atoms with E-state index in [2.05, 4.69) is 15.8 Å². The average Bonchev–Trinajstić information content (AvgIpc) is 4.27. The molecule has 3 N–H and O–H groups in total. The van der Waals surface area contributed by atoms with Crippen molar-refractivity contribution in [1.82, 2.24) is 19.2 Å². The van der Waals surface area contributed by atoms with Crippen LogP contribution in [-0.2, 0) is 66.1 Å². The monoisotopic (exact) mass is 1140 g/mol. The zero-order chi connectivity index (χ0) is 56.7. The van der Waals surface area contributed by atoms with E-state index in [1.165, 1.54) is 42.8 Å². The largest absolute Gasteiger partial charge is 0.497 e. The molecule has 4 fully saturated rings. The Kier molecular flexibility index (Phi) is 21.7. The minimum absolute atomic E-state index is 0.0255. The molecule has 0 saturated carbocycles. The Morgan fingerprint density at radius 1 is 0.595 bits per heavy atom. The van der Waals surface area contributed by atoms with Crippen molar-refractivity contribution in [2.24, 2.45) is 28.8 Å². The van der Waals surface area contributed by atoms with Crippen molar-refractivity contribution < 1.29 is 74.3 Å². The Hall–Kier alpha value is -6.18. The number of ether oxygens (including phenoxy) is 8. The predicted molar refractivity (Wildman–Crippen MR) is 290 cm³/mol. The number of carbonyl (C=O) groups is 3. The molecular weight excluding hydrogens is 1060 g/mol. The number of carbonyl (C=O) groups excluding carboxylic acids is 3. The Balaban J connectivity index is 0.000000229. The Morgan fingerprint density at radius 2 is 1.00 bits per heavy atom. The molecule has 0 aromatic heterocycles. The first-order chi connectivity index (χ1) is 37.9. The van der Waals surface area contributed by atoms with Gasteiger partial charge in [-0.3, -0.25) is 4.79 Å². The number of oxime groups is 1. The summed E-state index contributed by atoms with van der Waals surface area (Å²) in [6.45, 7) is 8.73. The van der Waals surface area contributed by atoms with Gasteiger partial charge in [-0.25, -0.2) is 26.4 Å². The number of rotatable bonds is 24. The Bertz CT molecular complexity index is 2860. The first-order valence-corrected chi connectivity index (χ1v) is 29.3. The third kappa shape index (κ3) is 16.5. The molecule has 8 atom stereocenters. The lowest BCUT2D eigenvalue weighted by Gasteiger charge is -2.28. The van der Waals surface area contributed by atoms with Gasteiger partial charge in [0.05, 0.1) is 93.2 Å². The second-order valence-electron chi connectivity index (χ2n) is 20.5. The summed E-state index contributed by atoms with van der Waals surface area (Å²) in [7, 11) is -4.97. The van der Waals surface area contributed by atoms with Crippen molar-refractivity contribution in [3.63, 3.8) is 0 Å². The van der Waals surface area contributed by atoms with Gasteiger partial charge in [0.2, 0.25) is 20.0 Å². The second kappa shape index (κ2) is 28.3. The van der Waals surface area contributed by atoms with Crippen LogP contribution in [0.15, 0.2) is 124 Å². The van der Waals surface area contributed by atoms with E-state index < -0.39 is 68.9 Å². The molecule has 0 radical (unpaired) electrons. The van der Waals surface area contributed by atoms with Gasteiger partial charge >= 0.3 is 12.2 Å². The van der Waals surface area contributed by atoms with Crippen molar-refractivity contribution in [1.29, 1.82) is 0 Å². The molecule has 0 aliphatic carbocycles. The van der Waals surface area contributed by atoms with E-state index in [1.54, 1.807) is 24.3 Å². The van der Waals surface area contributed by atoms with Crippen molar-refractivity contribution >= 4 is 43.7 Å². The maximum Gasteiger partial charge on any atom is 0.408 e. The molecule has 4 aliphatic heterocycles. The molecule has 4 aromatic carbocycles. The number of amides is 2. The number of benzene rings is 4. The number of alkyl carbamates (subject to hydrolysis) is 2. The van der Waals surface area contributed by atoms with Gasteiger partial charge in [-0.05, 0) is 97.2 Å². The minimum Gasteiger partial charge on any atom is -0.497 e. The highest BCUT2D eigenvalue weighted by Gasteiger charge is 2.45. The van der Waals surface area contributed by atoms with Crippen LogP contribution >= 0.6 is 0 Å². The number of sulfonamides is 2. The van der Waals surface area contributed by atoms with E-state index in [0.29, 0.717) is 24.7 Å². The molecule has 23 heteroatoms. The van der Waals surface area contributed by atoms with E-state index in [4.69, 9.17) is 37.9 Å². The van der Waals surface area contributed by atoms with Crippen LogP contribution in [0.4, 0.5) is 9.59 Å². The highest BCUT2D eigenvalue weighted by Crippen LogP contribution is 2.34. The molecule has 0 bridgehead atoms. The normalized spacial score (nSPS) is 21.7. The summed E-state index contributed by atoms with van der Waals surface area (Å²) in [4.78, 5) is 39.7. The van der Waals surface area contributed by atoms with Crippen LogP contribution in [0.3, 0.4) is 0 Å². The zero-order valence-corrected chi connectivity index (χ0v) is 47.0. The maximum absolute atomic E-state index is 13.7. The fourth-order valence-corrected chi connectivity index (χ4v) is 12.8. The lowest BCUT2D eigenvalue weighted by atomic mass is 10.0. The van der Waals surface area contributed by atoms with Crippen LogP contribution in [0, 0.1) is 23.7 Å². The van der Waals surface area contributed by atoms with E-state index in [-0.39, 0.29) is 97.4 Å². The number of nitrogens with zero attached hydrogens (tertiary/aromatic N) is 3. The van der Waals surface area contributed by atoms with Gasteiger partial charge in [-0.15, -0.1) is 0 Å². The van der Waals surface area contributed by atoms with Crippen LogP contribution in [0.2, 0.25) is 0 Å². The van der Waals surface area contributed by atoms with Gasteiger partial charge in [0, 0.05) is 13.1 Å². The number of hydrogen-bond donors (Lipinski definition) is 3. The van der Waals surface area contributed by atoms with Crippen molar-refractivity contribution in [2.45, 2.75) is 100 Å². The first-order valence-electron chi connectivity index (χ1n) is 26.4. The van der Waals surface area contributed by atoms with Gasteiger partial charge in [-0.1, -0.05) is 93.5 Å². The summed E-state index contributed by atoms with van der Waals surface area (Å²) in [5.41, 5.74) is 1.75. The van der Waals surface area contributed by atoms with Crippen LogP contribution in [0.1, 0.15) is 51.7 Å². The molecule has 8 rings (SSSR count). The van der Waals surface area contributed by atoms with Crippen molar-refractivity contribution in [3.8, 4) is 11.5 Å². The molecule has 4 heterocycles. The van der Waals surface area contributed by atoms with Crippen LogP contribution < -0.4 is 20.1 Å². The Labute approximate surface area is 462 Å². The summed E-state index contributed by atoms with van der Waals surface area (Å²) in [6, 6.07) is 28.8. The zero-order valence-electron chi connectivity index (χ0n) is 45.4. The molecule has 0 unspecified atom stereocenters. The molecule has 79 heavy (non-hydrogen) atoms. The third-order valence-electron chi connectivity index (χ3n) is 13.8. The maximum atomic E-state index is 13.7.